The van der Waals surface area contributed by atoms with E-state index in [-0.39, 0.29) is 0 Å². The smallest absolute Gasteiger partial charge is 0.195 e. The van der Waals surface area contributed by atoms with Crippen molar-refractivity contribution in [1.29, 1.82) is 0 Å². The lowest BCUT2D eigenvalue weighted by Crippen LogP contribution is -1.96. The van der Waals surface area contributed by atoms with Crippen LogP contribution in [0.15, 0.2) is 30.3 Å². The Morgan fingerprint density at radius 2 is 1.24 bits per heavy atom. The molecule has 0 bridgehead atoms. The fourth-order valence-electron chi connectivity index (χ4n) is 1.44. The Balaban J connectivity index is 2.69. The van der Waals surface area contributed by atoms with Crippen LogP contribution in [0.2, 0.25) is 0 Å². The van der Waals surface area contributed by atoms with Gasteiger partial charge in [-0.05, 0) is 30.3 Å². The number of hydrogen-bond donors (Lipinski definition) is 0. The maximum Gasteiger partial charge on any atom is 0.195 e. The van der Waals surface area contributed by atoms with Gasteiger partial charge in [-0.15, -0.1) is 0 Å². The van der Waals surface area contributed by atoms with Gasteiger partial charge in [-0.25, -0.2) is 22.0 Å². The number of benzene rings is 2. The molecule has 17 heavy (non-hydrogen) atoms. The summed E-state index contributed by atoms with van der Waals surface area (Å²) in [5.41, 5.74) is -0.984. The quantitative estimate of drug-likeness (QED) is 0.524. The van der Waals surface area contributed by atoms with E-state index in [1.165, 1.54) is 0 Å². The van der Waals surface area contributed by atoms with Crippen LogP contribution in [0.5, 0.6) is 0 Å². The number of hydrogen-bond acceptors (Lipinski definition) is 0. The van der Waals surface area contributed by atoms with E-state index in [1.807, 2.05) is 0 Å². The zero-order valence-corrected chi connectivity index (χ0v) is 8.28. The molecule has 0 fully saturated rings. The second-order valence-electron chi connectivity index (χ2n) is 3.35. The highest BCUT2D eigenvalue weighted by atomic mass is 19.2. The van der Waals surface area contributed by atoms with Gasteiger partial charge < -0.3 is 0 Å². The minimum absolute atomic E-state index is 0.457. The van der Waals surface area contributed by atoms with Gasteiger partial charge in [-0.1, -0.05) is 0 Å². The van der Waals surface area contributed by atoms with Crippen LogP contribution in [0.1, 0.15) is 0 Å². The van der Waals surface area contributed by atoms with Gasteiger partial charge in [0.25, 0.3) is 0 Å². The maximum atomic E-state index is 13.4. The van der Waals surface area contributed by atoms with E-state index in [0.29, 0.717) is 12.1 Å². The highest BCUT2D eigenvalue weighted by Crippen LogP contribution is 2.28. The molecule has 88 valence electrons. The molecule has 0 unspecified atom stereocenters. The first-order valence-electron chi connectivity index (χ1n) is 4.59. The first-order valence-corrected chi connectivity index (χ1v) is 4.59. The molecule has 5 heteroatoms. The molecule has 0 radical (unpaired) electrons. The molecule has 0 atom stereocenters. The molecule has 0 N–H and O–H groups in total. The minimum Gasteiger partial charge on any atom is -0.207 e. The molecule has 0 saturated carbocycles. The van der Waals surface area contributed by atoms with Crippen LogP contribution in [-0.2, 0) is 0 Å². The molecule has 0 aliphatic carbocycles. The third-order valence-corrected chi connectivity index (χ3v) is 2.25. The summed E-state index contributed by atoms with van der Waals surface area (Å²) in [6.07, 6.45) is 0. The van der Waals surface area contributed by atoms with Crippen LogP contribution in [0.25, 0.3) is 11.1 Å². The van der Waals surface area contributed by atoms with E-state index in [2.05, 4.69) is 0 Å². The molecule has 0 heterocycles. The average molecular weight is 244 g/mol. The molecule has 0 aromatic heterocycles. The SMILES string of the molecule is Fc1ccc(F)c(-c2ccc(F)c(F)c2F)c1. The lowest BCUT2D eigenvalue weighted by Gasteiger charge is -2.06. The summed E-state index contributed by atoms with van der Waals surface area (Å²) in [4.78, 5) is 0. The van der Waals surface area contributed by atoms with Gasteiger partial charge in [0.1, 0.15) is 11.6 Å². The van der Waals surface area contributed by atoms with Crippen molar-refractivity contribution in [2.45, 2.75) is 0 Å². The summed E-state index contributed by atoms with van der Waals surface area (Å²) in [6.45, 7) is 0. The Labute approximate surface area is 93.3 Å². The first-order chi connectivity index (χ1) is 8.00. The van der Waals surface area contributed by atoms with Crippen LogP contribution in [-0.4, -0.2) is 0 Å². The average Bonchev–Trinajstić information content (AvgIpc) is 2.30. The molecular formula is C12H5F5. The summed E-state index contributed by atoms with van der Waals surface area (Å²) < 4.78 is 65.2. The van der Waals surface area contributed by atoms with Gasteiger partial charge in [0.15, 0.2) is 17.5 Å². The van der Waals surface area contributed by atoms with Crippen LogP contribution >= 0.6 is 0 Å². The Morgan fingerprint density at radius 1 is 0.588 bits per heavy atom. The van der Waals surface area contributed by atoms with E-state index < -0.39 is 40.2 Å². The molecule has 2 aromatic carbocycles. The lowest BCUT2D eigenvalue weighted by atomic mass is 10.0. The summed E-state index contributed by atoms with van der Waals surface area (Å²) in [5, 5.41) is 0. The molecule has 0 aliphatic heterocycles. The second-order valence-corrected chi connectivity index (χ2v) is 3.35. The Morgan fingerprint density at radius 3 is 1.94 bits per heavy atom. The fraction of sp³-hybridized carbons (Fsp3) is 0. The monoisotopic (exact) mass is 244 g/mol. The molecule has 2 aromatic rings. The van der Waals surface area contributed by atoms with Gasteiger partial charge in [0.05, 0.1) is 0 Å². The Kier molecular flexibility index (Phi) is 2.83. The van der Waals surface area contributed by atoms with E-state index in [9.17, 15) is 22.0 Å². The molecule has 2 rings (SSSR count). The van der Waals surface area contributed by atoms with E-state index in [4.69, 9.17) is 0 Å². The zero-order chi connectivity index (χ0) is 12.6. The van der Waals surface area contributed by atoms with Crippen molar-refractivity contribution in [3.05, 3.63) is 59.4 Å². The van der Waals surface area contributed by atoms with Gasteiger partial charge in [0.2, 0.25) is 0 Å². The zero-order valence-electron chi connectivity index (χ0n) is 8.28. The largest absolute Gasteiger partial charge is 0.207 e. The van der Waals surface area contributed by atoms with Crippen molar-refractivity contribution >= 4 is 0 Å². The third-order valence-electron chi connectivity index (χ3n) is 2.25. The maximum absolute atomic E-state index is 13.4. The number of rotatable bonds is 1. The van der Waals surface area contributed by atoms with Crippen molar-refractivity contribution in [2.75, 3.05) is 0 Å². The molecule has 0 amide bonds. The second kappa shape index (κ2) is 4.16. The summed E-state index contributed by atoms with van der Waals surface area (Å²) in [7, 11) is 0. The Hall–Kier alpha value is -1.91. The van der Waals surface area contributed by atoms with Crippen molar-refractivity contribution in [3.8, 4) is 11.1 Å². The predicted octanol–water partition coefficient (Wildman–Crippen LogP) is 4.05. The van der Waals surface area contributed by atoms with Crippen LogP contribution in [0.4, 0.5) is 22.0 Å². The summed E-state index contributed by atoms with van der Waals surface area (Å²) in [5.74, 6) is -6.37. The molecule has 0 saturated heterocycles. The van der Waals surface area contributed by atoms with Crippen LogP contribution in [0, 0.1) is 29.1 Å². The third kappa shape index (κ3) is 2.00. The van der Waals surface area contributed by atoms with Crippen molar-refractivity contribution in [3.63, 3.8) is 0 Å². The summed E-state index contributed by atoms with van der Waals surface area (Å²) >= 11 is 0. The molecular weight excluding hydrogens is 239 g/mol. The highest BCUT2D eigenvalue weighted by molar-refractivity contribution is 5.65. The van der Waals surface area contributed by atoms with Crippen molar-refractivity contribution in [2.24, 2.45) is 0 Å². The van der Waals surface area contributed by atoms with Crippen LogP contribution in [0.3, 0.4) is 0 Å². The standard InChI is InChI=1S/C12H5F5/c13-6-1-3-9(14)8(5-6)7-2-4-10(15)12(17)11(7)16/h1-5H. The van der Waals surface area contributed by atoms with E-state index in [1.54, 1.807) is 0 Å². The van der Waals surface area contributed by atoms with Gasteiger partial charge in [0, 0.05) is 11.1 Å². The topological polar surface area (TPSA) is 0 Å². The normalized spacial score (nSPS) is 10.6. The van der Waals surface area contributed by atoms with Gasteiger partial charge >= 0.3 is 0 Å². The molecule has 0 spiro atoms. The fourth-order valence-corrected chi connectivity index (χ4v) is 1.44. The molecule has 0 aliphatic rings. The predicted molar refractivity (Wildman–Crippen MR) is 51.7 cm³/mol. The van der Waals surface area contributed by atoms with E-state index >= 15 is 0 Å². The lowest BCUT2D eigenvalue weighted by molar-refractivity contribution is 0.448. The van der Waals surface area contributed by atoms with Crippen molar-refractivity contribution < 1.29 is 22.0 Å². The minimum atomic E-state index is -1.72. The van der Waals surface area contributed by atoms with Crippen LogP contribution < -0.4 is 0 Å². The van der Waals surface area contributed by atoms with Gasteiger partial charge in [-0.3, -0.25) is 0 Å². The first kappa shape index (κ1) is 11.6. The van der Waals surface area contributed by atoms with E-state index in [0.717, 1.165) is 18.2 Å². The van der Waals surface area contributed by atoms with Gasteiger partial charge in [-0.2, -0.15) is 0 Å². The van der Waals surface area contributed by atoms with Crippen molar-refractivity contribution in [1.82, 2.24) is 0 Å². The Bertz CT molecular complexity index is 577. The number of halogens is 5. The molecule has 0 nitrogen and oxygen atoms in total. The highest BCUT2D eigenvalue weighted by Gasteiger charge is 2.17. The summed E-state index contributed by atoms with van der Waals surface area (Å²) in [6, 6.07) is 3.84.